The quantitative estimate of drug-likeness (QED) is 0.633. The van der Waals surface area contributed by atoms with Gasteiger partial charge in [0.25, 0.3) is 0 Å². The van der Waals surface area contributed by atoms with Gasteiger partial charge < -0.3 is 10.6 Å². The van der Waals surface area contributed by atoms with E-state index in [0.29, 0.717) is 11.5 Å². The van der Waals surface area contributed by atoms with Gasteiger partial charge in [0.15, 0.2) is 0 Å². The molecule has 104 valence electrons. The van der Waals surface area contributed by atoms with Crippen molar-refractivity contribution in [2.45, 2.75) is 72.8 Å². The molecule has 2 N–H and O–H groups in total. The van der Waals surface area contributed by atoms with Gasteiger partial charge in [-0.1, -0.05) is 40.5 Å². The second-order valence-corrected chi connectivity index (χ2v) is 5.85. The van der Waals surface area contributed by atoms with Gasteiger partial charge in [0, 0.05) is 12.6 Å². The van der Waals surface area contributed by atoms with Crippen LogP contribution in [0.3, 0.4) is 0 Å². The highest BCUT2D eigenvalue weighted by molar-refractivity contribution is 4.81. The van der Waals surface area contributed by atoms with Gasteiger partial charge in [-0.25, -0.2) is 0 Å². The van der Waals surface area contributed by atoms with E-state index in [0.717, 1.165) is 13.1 Å². The van der Waals surface area contributed by atoms with Crippen molar-refractivity contribution in [3.63, 3.8) is 0 Å². The SMILES string of the molecule is CCCCN(CC(C)(CN)CCC)C(C)CC. The first-order chi connectivity index (χ1) is 8.02. The van der Waals surface area contributed by atoms with Crippen LogP contribution in [0.4, 0.5) is 0 Å². The third kappa shape index (κ3) is 6.42. The molecule has 0 fully saturated rings. The molecule has 0 aromatic carbocycles. The third-order valence-electron chi connectivity index (χ3n) is 3.94. The van der Waals surface area contributed by atoms with Gasteiger partial charge >= 0.3 is 0 Å². The van der Waals surface area contributed by atoms with E-state index in [1.165, 1.54) is 38.6 Å². The molecule has 2 nitrogen and oxygen atoms in total. The van der Waals surface area contributed by atoms with Gasteiger partial charge in [0.2, 0.25) is 0 Å². The fourth-order valence-corrected chi connectivity index (χ4v) is 2.41. The van der Waals surface area contributed by atoms with Crippen LogP contribution in [0.15, 0.2) is 0 Å². The number of hydrogen-bond acceptors (Lipinski definition) is 2. The number of nitrogens with zero attached hydrogens (tertiary/aromatic N) is 1. The zero-order valence-electron chi connectivity index (χ0n) is 12.8. The highest BCUT2D eigenvalue weighted by Crippen LogP contribution is 2.25. The number of hydrogen-bond donors (Lipinski definition) is 1. The fourth-order valence-electron chi connectivity index (χ4n) is 2.41. The van der Waals surface area contributed by atoms with Crippen LogP contribution in [0.1, 0.15) is 66.7 Å². The minimum Gasteiger partial charge on any atom is -0.330 e. The van der Waals surface area contributed by atoms with Crippen molar-refractivity contribution in [1.29, 1.82) is 0 Å². The summed E-state index contributed by atoms with van der Waals surface area (Å²) in [5, 5.41) is 0. The zero-order chi connectivity index (χ0) is 13.3. The van der Waals surface area contributed by atoms with E-state index in [1.807, 2.05) is 0 Å². The lowest BCUT2D eigenvalue weighted by atomic mass is 9.84. The maximum absolute atomic E-state index is 5.98. The summed E-state index contributed by atoms with van der Waals surface area (Å²) in [5.74, 6) is 0. The average Bonchev–Trinajstić information content (AvgIpc) is 2.33. The predicted molar refractivity (Wildman–Crippen MR) is 78.3 cm³/mol. The highest BCUT2D eigenvalue weighted by Gasteiger charge is 2.26. The normalized spacial score (nSPS) is 17.1. The van der Waals surface area contributed by atoms with Crippen molar-refractivity contribution in [1.82, 2.24) is 4.90 Å². The van der Waals surface area contributed by atoms with Gasteiger partial charge in [-0.15, -0.1) is 0 Å². The summed E-state index contributed by atoms with van der Waals surface area (Å²) in [7, 11) is 0. The smallest absolute Gasteiger partial charge is 0.00645 e. The lowest BCUT2D eigenvalue weighted by Gasteiger charge is -2.38. The van der Waals surface area contributed by atoms with Crippen LogP contribution >= 0.6 is 0 Å². The molecule has 0 amide bonds. The molecule has 17 heavy (non-hydrogen) atoms. The Kier molecular flexibility index (Phi) is 8.89. The van der Waals surface area contributed by atoms with E-state index in [2.05, 4.69) is 39.5 Å². The van der Waals surface area contributed by atoms with Crippen LogP contribution in [-0.4, -0.2) is 30.6 Å². The molecule has 0 heterocycles. The highest BCUT2D eigenvalue weighted by atomic mass is 15.2. The standard InChI is InChI=1S/C15H34N2/c1-6-9-11-17(14(4)8-3)13-15(5,12-16)10-7-2/h14H,6-13,16H2,1-5H3. The zero-order valence-corrected chi connectivity index (χ0v) is 12.8. The molecule has 2 atom stereocenters. The van der Waals surface area contributed by atoms with E-state index in [4.69, 9.17) is 5.73 Å². The van der Waals surface area contributed by atoms with Crippen LogP contribution in [-0.2, 0) is 0 Å². The summed E-state index contributed by atoms with van der Waals surface area (Å²) in [6.07, 6.45) is 6.28. The molecule has 0 aromatic rings. The summed E-state index contributed by atoms with van der Waals surface area (Å²) in [4.78, 5) is 2.64. The first-order valence-electron chi connectivity index (χ1n) is 7.47. The van der Waals surface area contributed by atoms with Crippen LogP contribution < -0.4 is 5.73 Å². The van der Waals surface area contributed by atoms with E-state index < -0.39 is 0 Å². The Labute approximate surface area is 109 Å². The molecule has 0 rings (SSSR count). The summed E-state index contributed by atoms with van der Waals surface area (Å²) in [5.41, 5.74) is 6.28. The molecule has 2 heteroatoms. The van der Waals surface area contributed by atoms with E-state index >= 15 is 0 Å². The average molecular weight is 242 g/mol. The van der Waals surface area contributed by atoms with Crippen molar-refractivity contribution >= 4 is 0 Å². The van der Waals surface area contributed by atoms with Gasteiger partial charge in [0.1, 0.15) is 0 Å². The van der Waals surface area contributed by atoms with Crippen LogP contribution in [0.2, 0.25) is 0 Å². The van der Waals surface area contributed by atoms with Gasteiger partial charge in [-0.3, -0.25) is 0 Å². The number of rotatable bonds is 10. The maximum Gasteiger partial charge on any atom is 0.00645 e. The molecular formula is C15H34N2. The minimum atomic E-state index is 0.298. The number of unbranched alkanes of at least 4 members (excludes halogenated alkanes) is 1. The molecule has 0 spiro atoms. The largest absolute Gasteiger partial charge is 0.330 e. The first-order valence-corrected chi connectivity index (χ1v) is 7.47. The molecule has 0 saturated heterocycles. The fraction of sp³-hybridized carbons (Fsp3) is 1.00. The summed E-state index contributed by atoms with van der Waals surface area (Å²) < 4.78 is 0. The van der Waals surface area contributed by atoms with Crippen molar-refractivity contribution in [2.24, 2.45) is 11.1 Å². The summed E-state index contributed by atoms with van der Waals surface area (Å²) in [6, 6.07) is 0.685. The second kappa shape index (κ2) is 8.93. The monoisotopic (exact) mass is 242 g/mol. The Balaban J connectivity index is 4.46. The van der Waals surface area contributed by atoms with Crippen LogP contribution in [0.5, 0.6) is 0 Å². The lowest BCUT2D eigenvalue weighted by molar-refractivity contribution is 0.118. The van der Waals surface area contributed by atoms with Crippen molar-refractivity contribution in [3.05, 3.63) is 0 Å². The van der Waals surface area contributed by atoms with Crippen molar-refractivity contribution in [3.8, 4) is 0 Å². The molecular weight excluding hydrogens is 208 g/mol. The first kappa shape index (κ1) is 16.9. The maximum atomic E-state index is 5.98. The Bertz CT molecular complexity index is 182. The third-order valence-corrected chi connectivity index (χ3v) is 3.94. The summed E-state index contributed by atoms with van der Waals surface area (Å²) >= 11 is 0. The van der Waals surface area contributed by atoms with E-state index in [1.54, 1.807) is 0 Å². The van der Waals surface area contributed by atoms with Crippen LogP contribution in [0, 0.1) is 5.41 Å². The lowest BCUT2D eigenvalue weighted by Crippen LogP contribution is -2.44. The van der Waals surface area contributed by atoms with E-state index in [-0.39, 0.29) is 0 Å². The molecule has 0 saturated carbocycles. The molecule has 0 aliphatic carbocycles. The molecule has 2 unspecified atom stereocenters. The topological polar surface area (TPSA) is 29.3 Å². The van der Waals surface area contributed by atoms with Crippen molar-refractivity contribution < 1.29 is 0 Å². The Morgan fingerprint density at radius 2 is 1.82 bits per heavy atom. The minimum absolute atomic E-state index is 0.298. The molecule has 0 aliphatic rings. The molecule has 0 bridgehead atoms. The van der Waals surface area contributed by atoms with Crippen molar-refractivity contribution in [2.75, 3.05) is 19.6 Å². The Hall–Kier alpha value is -0.0800. The van der Waals surface area contributed by atoms with Gasteiger partial charge in [0.05, 0.1) is 0 Å². The summed E-state index contributed by atoms with van der Waals surface area (Å²) in [6.45, 7) is 14.7. The van der Waals surface area contributed by atoms with Gasteiger partial charge in [-0.05, 0) is 44.7 Å². The second-order valence-electron chi connectivity index (χ2n) is 5.85. The predicted octanol–water partition coefficient (Wildman–Crippen LogP) is 3.65. The van der Waals surface area contributed by atoms with Crippen LogP contribution in [0.25, 0.3) is 0 Å². The molecule has 0 radical (unpaired) electrons. The number of nitrogens with two attached hydrogens (primary N) is 1. The molecule has 0 aromatic heterocycles. The van der Waals surface area contributed by atoms with Gasteiger partial charge in [-0.2, -0.15) is 0 Å². The van der Waals surface area contributed by atoms with E-state index in [9.17, 15) is 0 Å². The Morgan fingerprint density at radius 1 is 1.18 bits per heavy atom. The molecule has 0 aliphatic heterocycles. The Morgan fingerprint density at radius 3 is 2.24 bits per heavy atom.